The lowest BCUT2D eigenvalue weighted by Crippen LogP contribution is -2.06. The van der Waals surface area contributed by atoms with Crippen LogP contribution in [0.3, 0.4) is 0 Å². The second-order valence-corrected chi connectivity index (χ2v) is 12.4. The van der Waals surface area contributed by atoms with Gasteiger partial charge in [0.2, 0.25) is 5.95 Å². The summed E-state index contributed by atoms with van der Waals surface area (Å²) < 4.78 is 8.37. The van der Waals surface area contributed by atoms with Crippen LogP contribution in [-0.2, 0) is 0 Å². The van der Waals surface area contributed by atoms with Gasteiger partial charge in [0.15, 0.2) is 11.6 Å². The largest absolute Gasteiger partial charge is 0.456 e. The van der Waals surface area contributed by atoms with Crippen molar-refractivity contribution in [2.24, 2.45) is 0 Å². The Hall–Kier alpha value is -6.59. The average molecular weight is 613 g/mol. The number of fused-ring (bicyclic) bond motifs is 6. The van der Waals surface area contributed by atoms with E-state index >= 15 is 0 Å². The third-order valence-corrected chi connectivity index (χ3v) is 9.80. The molecule has 1 aliphatic rings. The Bertz CT molecular complexity index is 2950. The summed E-state index contributed by atoms with van der Waals surface area (Å²) in [6, 6.07) is 50.9. The fraction of sp³-hybridized carbons (Fsp3) is 0. The molecule has 0 saturated carbocycles. The van der Waals surface area contributed by atoms with Gasteiger partial charge in [-0.3, -0.25) is 4.57 Å². The number of para-hydroxylation sites is 1. The normalized spacial score (nSPS) is 12.2. The minimum atomic E-state index is 0.582. The summed E-state index contributed by atoms with van der Waals surface area (Å²) in [5, 5.41) is 7.01. The number of benzene rings is 7. The molecule has 10 aromatic rings. The van der Waals surface area contributed by atoms with Gasteiger partial charge in [0.1, 0.15) is 11.2 Å². The lowest BCUT2D eigenvalue weighted by molar-refractivity contribution is 0.669. The zero-order valence-electron chi connectivity index (χ0n) is 25.6. The van der Waals surface area contributed by atoms with Gasteiger partial charge in [-0.2, -0.15) is 9.97 Å². The molecule has 3 heterocycles. The SMILES string of the molecule is c1ccc(-c2nc(-c3ccc4oc5ccccc5c4c3)nc(-n3c4cccc5c4c4c6c(cccc6ccc43)-c3ccccc3-5)n2)cc1. The predicted molar refractivity (Wildman–Crippen MR) is 194 cm³/mol. The van der Waals surface area contributed by atoms with E-state index in [0.717, 1.165) is 44.1 Å². The van der Waals surface area contributed by atoms with Gasteiger partial charge in [0.05, 0.1) is 11.0 Å². The molecule has 0 radical (unpaired) electrons. The molecule has 48 heavy (non-hydrogen) atoms. The third kappa shape index (κ3) is 3.47. The highest BCUT2D eigenvalue weighted by atomic mass is 16.3. The molecule has 7 aromatic carbocycles. The van der Waals surface area contributed by atoms with Crippen molar-refractivity contribution < 1.29 is 4.42 Å². The van der Waals surface area contributed by atoms with E-state index in [-0.39, 0.29) is 0 Å². The summed E-state index contributed by atoms with van der Waals surface area (Å²) in [6.45, 7) is 0. The van der Waals surface area contributed by atoms with Crippen LogP contribution in [0.15, 0.2) is 150 Å². The van der Waals surface area contributed by atoms with Gasteiger partial charge in [-0.1, -0.05) is 109 Å². The molecule has 0 fully saturated rings. The van der Waals surface area contributed by atoms with Crippen LogP contribution in [-0.4, -0.2) is 19.5 Å². The molecule has 0 unspecified atom stereocenters. The summed E-state index contributed by atoms with van der Waals surface area (Å²) in [5.74, 6) is 1.81. The number of hydrogen-bond acceptors (Lipinski definition) is 4. The second kappa shape index (κ2) is 9.47. The second-order valence-electron chi connectivity index (χ2n) is 12.4. The molecule has 222 valence electrons. The Morgan fingerprint density at radius 3 is 1.94 bits per heavy atom. The van der Waals surface area contributed by atoms with Crippen molar-refractivity contribution in [3.63, 3.8) is 0 Å². The Balaban J connectivity index is 1.25. The monoisotopic (exact) mass is 612 g/mol. The summed E-state index contributed by atoms with van der Waals surface area (Å²) in [5.41, 5.74) is 10.6. The summed E-state index contributed by atoms with van der Waals surface area (Å²) >= 11 is 0. The quantitative estimate of drug-likeness (QED) is 0.199. The zero-order chi connectivity index (χ0) is 31.3. The molecule has 1 aliphatic carbocycles. The third-order valence-electron chi connectivity index (χ3n) is 9.80. The Kier molecular flexibility index (Phi) is 5.05. The number of hydrogen-bond donors (Lipinski definition) is 0. The first-order valence-corrected chi connectivity index (χ1v) is 16.1. The molecule has 0 spiro atoms. The Morgan fingerprint density at radius 1 is 0.417 bits per heavy atom. The van der Waals surface area contributed by atoms with E-state index < -0.39 is 0 Å². The number of aromatic nitrogens is 4. The van der Waals surface area contributed by atoms with Crippen molar-refractivity contribution in [1.29, 1.82) is 0 Å². The van der Waals surface area contributed by atoms with E-state index in [2.05, 4.69) is 102 Å². The topological polar surface area (TPSA) is 56.7 Å². The highest BCUT2D eigenvalue weighted by molar-refractivity contribution is 6.30. The van der Waals surface area contributed by atoms with Crippen molar-refractivity contribution in [3.05, 3.63) is 146 Å². The maximum atomic E-state index is 6.14. The van der Waals surface area contributed by atoms with Gasteiger partial charge in [0.25, 0.3) is 0 Å². The van der Waals surface area contributed by atoms with Gasteiger partial charge in [-0.05, 0) is 69.4 Å². The van der Waals surface area contributed by atoms with Crippen molar-refractivity contribution in [2.45, 2.75) is 0 Å². The Labute approximate surface area is 274 Å². The first-order chi connectivity index (χ1) is 23.8. The van der Waals surface area contributed by atoms with Gasteiger partial charge in [0, 0.05) is 32.7 Å². The molecule has 0 atom stereocenters. The van der Waals surface area contributed by atoms with Crippen LogP contribution in [0.5, 0.6) is 0 Å². The molecule has 5 nitrogen and oxygen atoms in total. The summed E-state index contributed by atoms with van der Waals surface area (Å²) in [7, 11) is 0. The van der Waals surface area contributed by atoms with E-state index in [1.54, 1.807) is 0 Å². The lowest BCUT2D eigenvalue weighted by Gasteiger charge is -2.14. The predicted octanol–water partition coefficient (Wildman–Crippen LogP) is 11.0. The molecule has 0 saturated heterocycles. The summed E-state index contributed by atoms with van der Waals surface area (Å²) in [6.07, 6.45) is 0. The number of nitrogens with zero attached hydrogens (tertiary/aromatic N) is 4. The highest BCUT2D eigenvalue weighted by Crippen LogP contribution is 2.49. The molecular formula is C43H24N4O. The first-order valence-electron chi connectivity index (χ1n) is 16.1. The van der Waals surface area contributed by atoms with Gasteiger partial charge in [-0.15, -0.1) is 0 Å². The zero-order valence-corrected chi connectivity index (χ0v) is 25.6. The van der Waals surface area contributed by atoms with Crippen LogP contribution in [0.2, 0.25) is 0 Å². The average Bonchev–Trinajstić information content (AvgIpc) is 3.66. The maximum absolute atomic E-state index is 6.14. The van der Waals surface area contributed by atoms with Crippen LogP contribution >= 0.6 is 0 Å². The molecule has 5 heteroatoms. The lowest BCUT2D eigenvalue weighted by atomic mass is 9.93. The molecule has 0 aliphatic heterocycles. The van der Waals surface area contributed by atoms with E-state index in [9.17, 15) is 0 Å². The van der Waals surface area contributed by atoms with Gasteiger partial charge in [-0.25, -0.2) is 4.98 Å². The van der Waals surface area contributed by atoms with E-state index in [0.29, 0.717) is 17.6 Å². The van der Waals surface area contributed by atoms with E-state index in [1.165, 1.54) is 43.8 Å². The summed E-state index contributed by atoms with van der Waals surface area (Å²) in [4.78, 5) is 15.5. The van der Waals surface area contributed by atoms with Crippen molar-refractivity contribution in [1.82, 2.24) is 19.5 Å². The van der Waals surface area contributed by atoms with Crippen LogP contribution in [0.1, 0.15) is 0 Å². The molecule has 0 amide bonds. The van der Waals surface area contributed by atoms with Gasteiger partial charge < -0.3 is 4.42 Å². The van der Waals surface area contributed by atoms with Crippen molar-refractivity contribution in [2.75, 3.05) is 0 Å². The van der Waals surface area contributed by atoms with E-state index in [1.807, 2.05) is 48.5 Å². The van der Waals surface area contributed by atoms with Crippen LogP contribution < -0.4 is 0 Å². The minimum Gasteiger partial charge on any atom is -0.456 e. The van der Waals surface area contributed by atoms with Crippen LogP contribution in [0, 0.1) is 0 Å². The molecule has 0 bridgehead atoms. The van der Waals surface area contributed by atoms with Crippen molar-refractivity contribution in [3.8, 4) is 51.0 Å². The molecule has 3 aromatic heterocycles. The minimum absolute atomic E-state index is 0.582. The fourth-order valence-electron chi connectivity index (χ4n) is 7.72. The van der Waals surface area contributed by atoms with Crippen LogP contribution in [0.4, 0.5) is 0 Å². The van der Waals surface area contributed by atoms with Gasteiger partial charge >= 0.3 is 0 Å². The molecular weight excluding hydrogens is 589 g/mol. The first kappa shape index (κ1) is 25.6. The highest BCUT2D eigenvalue weighted by Gasteiger charge is 2.26. The standard InChI is InChI=1S/C43H24N4O/c1-2-10-26(11-3-1)41-44-42(27-21-23-37-33(24-27)30-15-6-7-19-36(30)48-37)46-43(45-41)47-34-18-9-17-32-29-14-5-4-13-28(29)31-16-8-12-25-20-22-35(47)40(38(25)31)39(32)34/h1-24H. The molecule has 11 rings (SSSR count). The Morgan fingerprint density at radius 2 is 1.08 bits per heavy atom. The van der Waals surface area contributed by atoms with Crippen LogP contribution in [0.25, 0.3) is 105 Å². The van der Waals surface area contributed by atoms with Crippen molar-refractivity contribution >= 4 is 54.5 Å². The maximum Gasteiger partial charge on any atom is 0.238 e. The number of rotatable bonds is 3. The smallest absolute Gasteiger partial charge is 0.238 e. The van der Waals surface area contributed by atoms with E-state index in [4.69, 9.17) is 19.4 Å². The number of furan rings is 1. The molecule has 0 N–H and O–H groups in total. The fourth-order valence-corrected chi connectivity index (χ4v) is 7.72.